The quantitative estimate of drug-likeness (QED) is 0.541. The third-order valence-corrected chi connectivity index (χ3v) is 1.45. The minimum atomic E-state index is 0.305. The van der Waals surface area contributed by atoms with Gasteiger partial charge in [0.2, 0.25) is 0 Å². The smallest absolute Gasteiger partial charge is 0.160 e. The van der Waals surface area contributed by atoms with Crippen molar-refractivity contribution in [3.8, 4) is 0 Å². The molecule has 11 heavy (non-hydrogen) atoms. The van der Waals surface area contributed by atoms with Crippen molar-refractivity contribution in [3.05, 3.63) is 11.5 Å². The molecule has 0 amide bonds. The number of hydrogen-bond acceptors (Lipinski definition) is 4. The molecule has 0 bridgehead atoms. The standard InChI is InChI=1S/C6H7ClN4/c1-8-4-5(7)10-3-11-6(4)9-2/h3H,1H2,2H3,(H,9,10,11). The monoisotopic (exact) mass is 170 g/mol. The van der Waals surface area contributed by atoms with Crippen LogP contribution >= 0.6 is 11.6 Å². The average molecular weight is 171 g/mol. The summed E-state index contributed by atoms with van der Waals surface area (Å²) in [6.07, 6.45) is 1.36. The van der Waals surface area contributed by atoms with Gasteiger partial charge in [-0.05, 0) is 6.72 Å². The van der Waals surface area contributed by atoms with Gasteiger partial charge in [0.05, 0.1) is 0 Å². The normalized spacial score (nSPS) is 9.27. The first-order chi connectivity index (χ1) is 5.29. The molecule has 0 unspecified atom stereocenters. The summed E-state index contributed by atoms with van der Waals surface area (Å²) in [4.78, 5) is 11.3. The lowest BCUT2D eigenvalue weighted by Crippen LogP contribution is -1.93. The van der Waals surface area contributed by atoms with Crippen LogP contribution < -0.4 is 5.32 Å². The van der Waals surface area contributed by atoms with Crippen molar-refractivity contribution in [2.45, 2.75) is 0 Å². The summed E-state index contributed by atoms with van der Waals surface area (Å²) >= 11 is 5.68. The van der Waals surface area contributed by atoms with Crippen LogP contribution in [0, 0.1) is 0 Å². The summed E-state index contributed by atoms with van der Waals surface area (Å²) in [5.74, 6) is 0.583. The molecule has 1 N–H and O–H groups in total. The molecule has 58 valence electrons. The number of halogens is 1. The second-order valence-corrected chi connectivity index (χ2v) is 2.13. The molecule has 0 aromatic carbocycles. The fraction of sp³-hybridized carbons (Fsp3) is 0.167. The highest BCUT2D eigenvalue weighted by atomic mass is 35.5. The third kappa shape index (κ3) is 1.46. The Balaban J connectivity index is 3.24. The van der Waals surface area contributed by atoms with E-state index in [0.29, 0.717) is 16.7 Å². The van der Waals surface area contributed by atoms with E-state index in [1.165, 1.54) is 6.33 Å². The second-order valence-electron chi connectivity index (χ2n) is 1.77. The molecule has 0 aliphatic rings. The number of anilines is 1. The Labute approximate surface area is 69.3 Å². The van der Waals surface area contributed by atoms with E-state index in [1.807, 2.05) is 0 Å². The van der Waals surface area contributed by atoms with Gasteiger partial charge in [-0.15, -0.1) is 0 Å². The molecule has 0 saturated heterocycles. The topological polar surface area (TPSA) is 50.2 Å². The Morgan fingerprint density at radius 2 is 2.36 bits per heavy atom. The van der Waals surface area contributed by atoms with Gasteiger partial charge in [0.25, 0.3) is 0 Å². The molecular weight excluding hydrogens is 164 g/mol. The highest BCUT2D eigenvalue weighted by molar-refractivity contribution is 6.32. The van der Waals surface area contributed by atoms with Crippen molar-refractivity contribution in [1.82, 2.24) is 9.97 Å². The number of aromatic nitrogens is 2. The van der Waals surface area contributed by atoms with Crippen LogP contribution in [0.15, 0.2) is 11.3 Å². The van der Waals surface area contributed by atoms with Gasteiger partial charge in [-0.2, -0.15) is 0 Å². The third-order valence-electron chi connectivity index (χ3n) is 1.17. The van der Waals surface area contributed by atoms with Crippen LogP contribution in [0.2, 0.25) is 5.15 Å². The van der Waals surface area contributed by atoms with Crippen molar-refractivity contribution < 1.29 is 0 Å². The zero-order valence-electron chi connectivity index (χ0n) is 6.00. The van der Waals surface area contributed by atoms with Crippen LogP contribution in [0.1, 0.15) is 0 Å². The highest BCUT2D eigenvalue weighted by Gasteiger charge is 2.04. The Morgan fingerprint density at radius 3 is 2.82 bits per heavy atom. The average Bonchev–Trinajstić information content (AvgIpc) is 2.04. The van der Waals surface area contributed by atoms with E-state index >= 15 is 0 Å². The second kappa shape index (κ2) is 3.30. The number of rotatable bonds is 2. The predicted octanol–water partition coefficient (Wildman–Crippen LogP) is 1.50. The van der Waals surface area contributed by atoms with Crippen molar-refractivity contribution in [2.75, 3.05) is 12.4 Å². The molecule has 1 aromatic heterocycles. The first kappa shape index (κ1) is 7.94. The Kier molecular flexibility index (Phi) is 2.38. The molecule has 0 spiro atoms. The van der Waals surface area contributed by atoms with E-state index in [1.54, 1.807) is 7.05 Å². The van der Waals surface area contributed by atoms with E-state index in [9.17, 15) is 0 Å². The Bertz CT molecular complexity index is 273. The number of nitrogens with zero attached hydrogens (tertiary/aromatic N) is 3. The van der Waals surface area contributed by atoms with Crippen LogP contribution in [0.5, 0.6) is 0 Å². The van der Waals surface area contributed by atoms with Crippen molar-refractivity contribution in [3.63, 3.8) is 0 Å². The van der Waals surface area contributed by atoms with Gasteiger partial charge in [-0.3, -0.25) is 4.99 Å². The van der Waals surface area contributed by atoms with Gasteiger partial charge in [-0.1, -0.05) is 11.6 Å². The van der Waals surface area contributed by atoms with Crippen LogP contribution in [0.25, 0.3) is 0 Å². The molecule has 0 aliphatic heterocycles. The fourth-order valence-corrected chi connectivity index (χ4v) is 0.873. The van der Waals surface area contributed by atoms with E-state index in [2.05, 4.69) is 27.0 Å². The van der Waals surface area contributed by atoms with E-state index in [-0.39, 0.29) is 0 Å². The minimum Gasteiger partial charge on any atom is -0.371 e. The van der Waals surface area contributed by atoms with Gasteiger partial charge in [0, 0.05) is 7.05 Å². The zero-order chi connectivity index (χ0) is 8.27. The van der Waals surface area contributed by atoms with Crippen molar-refractivity contribution in [2.24, 2.45) is 4.99 Å². The van der Waals surface area contributed by atoms with E-state index in [4.69, 9.17) is 11.6 Å². The predicted molar refractivity (Wildman–Crippen MR) is 45.8 cm³/mol. The maximum absolute atomic E-state index is 5.68. The molecule has 1 rings (SSSR count). The summed E-state index contributed by atoms with van der Waals surface area (Å²) in [6.45, 7) is 3.35. The van der Waals surface area contributed by atoms with Crippen LogP contribution in [0.4, 0.5) is 11.5 Å². The Hall–Kier alpha value is -1.16. The van der Waals surface area contributed by atoms with Gasteiger partial charge < -0.3 is 5.32 Å². The van der Waals surface area contributed by atoms with Gasteiger partial charge in [0.15, 0.2) is 11.0 Å². The lowest BCUT2D eigenvalue weighted by Gasteiger charge is -2.02. The maximum Gasteiger partial charge on any atom is 0.160 e. The van der Waals surface area contributed by atoms with Crippen LogP contribution in [0.3, 0.4) is 0 Å². The summed E-state index contributed by atoms with van der Waals surface area (Å²) < 4.78 is 0. The molecule has 4 nitrogen and oxygen atoms in total. The summed E-state index contributed by atoms with van der Waals surface area (Å²) in [5, 5.41) is 3.12. The lowest BCUT2D eigenvalue weighted by molar-refractivity contribution is 1.15. The first-order valence-electron chi connectivity index (χ1n) is 2.94. The van der Waals surface area contributed by atoms with Crippen molar-refractivity contribution in [1.29, 1.82) is 0 Å². The molecular formula is C6H7ClN4. The Morgan fingerprint density at radius 1 is 1.64 bits per heavy atom. The van der Waals surface area contributed by atoms with Gasteiger partial charge >= 0.3 is 0 Å². The van der Waals surface area contributed by atoms with Crippen LogP contribution in [-0.2, 0) is 0 Å². The van der Waals surface area contributed by atoms with E-state index in [0.717, 1.165) is 0 Å². The summed E-state index contributed by atoms with van der Waals surface area (Å²) in [7, 11) is 1.73. The summed E-state index contributed by atoms with van der Waals surface area (Å²) in [6, 6.07) is 0. The molecule has 1 heterocycles. The zero-order valence-corrected chi connectivity index (χ0v) is 6.76. The molecule has 0 saturated carbocycles. The fourth-order valence-electron chi connectivity index (χ4n) is 0.680. The van der Waals surface area contributed by atoms with Crippen molar-refractivity contribution >= 4 is 29.8 Å². The maximum atomic E-state index is 5.68. The number of hydrogen-bond donors (Lipinski definition) is 1. The molecule has 1 aromatic rings. The van der Waals surface area contributed by atoms with Crippen LogP contribution in [-0.4, -0.2) is 23.7 Å². The first-order valence-corrected chi connectivity index (χ1v) is 3.32. The minimum absolute atomic E-state index is 0.305. The van der Waals surface area contributed by atoms with E-state index < -0.39 is 0 Å². The SMILES string of the molecule is C=Nc1c(Cl)ncnc1NC. The number of nitrogens with one attached hydrogen (secondary N) is 1. The molecule has 0 radical (unpaired) electrons. The lowest BCUT2D eigenvalue weighted by atomic mass is 10.5. The molecule has 5 heteroatoms. The highest BCUT2D eigenvalue weighted by Crippen LogP contribution is 2.27. The summed E-state index contributed by atoms with van der Waals surface area (Å²) in [5.41, 5.74) is 0.483. The molecule has 0 atom stereocenters. The largest absolute Gasteiger partial charge is 0.371 e. The molecule has 0 fully saturated rings. The number of aliphatic imine (C=N–C) groups is 1. The molecule has 0 aliphatic carbocycles. The van der Waals surface area contributed by atoms with Gasteiger partial charge in [-0.25, -0.2) is 9.97 Å². The van der Waals surface area contributed by atoms with Gasteiger partial charge in [0.1, 0.15) is 12.0 Å².